The Morgan fingerprint density at radius 1 is 1.11 bits per heavy atom. The molecular formula is C19H26N4O3S. The molecule has 1 aromatic carbocycles. The lowest BCUT2D eigenvalue weighted by Gasteiger charge is -2.20. The molecule has 8 heteroatoms. The Kier molecular flexibility index (Phi) is 5.39. The fourth-order valence-corrected chi connectivity index (χ4v) is 4.71. The summed E-state index contributed by atoms with van der Waals surface area (Å²) in [6.45, 7) is 5.33. The minimum absolute atomic E-state index is 0.130. The van der Waals surface area contributed by atoms with E-state index < -0.39 is 15.6 Å². The van der Waals surface area contributed by atoms with Crippen LogP contribution in [0.1, 0.15) is 62.9 Å². The number of sulfonamides is 1. The highest BCUT2D eigenvalue weighted by molar-refractivity contribution is 7.89. The van der Waals surface area contributed by atoms with Crippen molar-refractivity contribution in [2.45, 2.75) is 62.9 Å². The molecule has 1 saturated carbocycles. The van der Waals surface area contributed by atoms with Gasteiger partial charge in [-0.05, 0) is 57.9 Å². The largest absolute Gasteiger partial charge is 0.307 e. The average molecular weight is 391 g/mol. The van der Waals surface area contributed by atoms with E-state index in [4.69, 9.17) is 0 Å². The van der Waals surface area contributed by atoms with Crippen LogP contribution in [0.5, 0.6) is 0 Å². The van der Waals surface area contributed by atoms with Crippen molar-refractivity contribution in [2.75, 3.05) is 5.32 Å². The number of hydrogen-bond donors (Lipinski definition) is 2. The summed E-state index contributed by atoms with van der Waals surface area (Å²) in [5.41, 5.74) is -0.183. The van der Waals surface area contributed by atoms with Crippen molar-refractivity contribution in [2.24, 2.45) is 0 Å². The summed E-state index contributed by atoms with van der Waals surface area (Å²) in [7, 11) is -3.62. The lowest BCUT2D eigenvalue weighted by molar-refractivity contribution is 0.102. The van der Waals surface area contributed by atoms with Gasteiger partial charge >= 0.3 is 0 Å². The van der Waals surface area contributed by atoms with Crippen LogP contribution >= 0.6 is 0 Å². The Bertz CT molecular complexity index is 905. The summed E-state index contributed by atoms with van der Waals surface area (Å²) >= 11 is 0. The predicted octanol–water partition coefficient (Wildman–Crippen LogP) is 3.33. The van der Waals surface area contributed by atoms with E-state index in [1.165, 1.54) is 37.1 Å². The van der Waals surface area contributed by atoms with E-state index in [1.54, 1.807) is 33.0 Å². The van der Waals surface area contributed by atoms with Crippen molar-refractivity contribution in [3.63, 3.8) is 0 Å². The Labute approximate surface area is 160 Å². The van der Waals surface area contributed by atoms with Crippen molar-refractivity contribution in [3.05, 3.63) is 42.1 Å². The molecular weight excluding hydrogens is 364 g/mol. The predicted molar refractivity (Wildman–Crippen MR) is 104 cm³/mol. The fraction of sp³-hybridized carbons (Fsp3) is 0.474. The molecule has 2 aromatic rings. The number of anilines is 1. The van der Waals surface area contributed by atoms with Crippen LogP contribution < -0.4 is 10.0 Å². The van der Waals surface area contributed by atoms with E-state index >= 15 is 0 Å². The van der Waals surface area contributed by atoms with Gasteiger partial charge in [0.2, 0.25) is 10.0 Å². The molecule has 0 radical (unpaired) electrons. The highest BCUT2D eigenvalue weighted by Gasteiger charge is 2.23. The van der Waals surface area contributed by atoms with E-state index in [-0.39, 0.29) is 10.8 Å². The fourth-order valence-electron chi connectivity index (χ4n) is 3.29. The molecule has 1 fully saturated rings. The Balaban J connectivity index is 1.73. The molecule has 146 valence electrons. The summed E-state index contributed by atoms with van der Waals surface area (Å²) in [6, 6.07) is 8.02. The van der Waals surface area contributed by atoms with Crippen LogP contribution in [-0.2, 0) is 10.0 Å². The third-order valence-electron chi connectivity index (χ3n) is 4.45. The Hall–Kier alpha value is -2.19. The lowest BCUT2D eigenvalue weighted by atomic mass is 10.1. The zero-order chi connectivity index (χ0) is 19.7. The molecule has 0 bridgehead atoms. The SMILES string of the molecule is CC(C)(C)NS(=O)(=O)c1ccc(C(=O)Nc2ccnn2C2CCCC2)cc1. The standard InChI is InChI=1S/C19H26N4O3S/c1-19(2,3)22-27(25,26)16-10-8-14(9-11-16)18(24)21-17-12-13-20-23(17)15-6-4-5-7-15/h8-13,15,22H,4-7H2,1-3H3,(H,21,24). The van der Waals surface area contributed by atoms with Crippen LogP contribution in [-0.4, -0.2) is 29.6 Å². The van der Waals surface area contributed by atoms with Crippen molar-refractivity contribution in [1.82, 2.24) is 14.5 Å². The molecule has 1 heterocycles. The second-order valence-electron chi connectivity index (χ2n) is 7.93. The van der Waals surface area contributed by atoms with Gasteiger partial charge in [0.15, 0.2) is 0 Å². The Morgan fingerprint density at radius 3 is 2.33 bits per heavy atom. The quantitative estimate of drug-likeness (QED) is 0.819. The summed E-state index contributed by atoms with van der Waals surface area (Å²) < 4.78 is 29.2. The highest BCUT2D eigenvalue weighted by Crippen LogP contribution is 2.31. The third-order valence-corrected chi connectivity index (χ3v) is 6.22. The summed E-state index contributed by atoms with van der Waals surface area (Å²) in [5.74, 6) is 0.375. The lowest BCUT2D eigenvalue weighted by Crippen LogP contribution is -2.40. The van der Waals surface area contributed by atoms with Crippen LogP contribution in [0.4, 0.5) is 5.82 Å². The molecule has 1 aromatic heterocycles. The van der Waals surface area contributed by atoms with Crippen molar-refractivity contribution in [3.8, 4) is 0 Å². The molecule has 1 aliphatic rings. The van der Waals surface area contributed by atoms with E-state index in [0.717, 1.165) is 12.8 Å². The van der Waals surface area contributed by atoms with Crippen LogP contribution in [0.15, 0.2) is 41.4 Å². The monoisotopic (exact) mass is 390 g/mol. The van der Waals surface area contributed by atoms with Gasteiger partial charge in [-0.3, -0.25) is 4.79 Å². The first-order valence-corrected chi connectivity index (χ1v) is 10.6. The maximum absolute atomic E-state index is 12.6. The molecule has 27 heavy (non-hydrogen) atoms. The van der Waals surface area contributed by atoms with Gasteiger partial charge < -0.3 is 5.32 Å². The number of benzene rings is 1. The third kappa shape index (κ3) is 4.75. The van der Waals surface area contributed by atoms with Gasteiger partial charge in [0, 0.05) is 17.2 Å². The number of carbonyl (C=O) groups is 1. The zero-order valence-electron chi connectivity index (χ0n) is 15.9. The highest BCUT2D eigenvalue weighted by atomic mass is 32.2. The van der Waals surface area contributed by atoms with E-state index in [0.29, 0.717) is 17.4 Å². The second-order valence-corrected chi connectivity index (χ2v) is 9.62. The molecule has 0 saturated heterocycles. The summed E-state index contributed by atoms with van der Waals surface area (Å²) in [5, 5.41) is 7.22. The average Bonchev–Trinajstić information content (AvgIpc) is 3.23. The Morgan fingerprint density at radius 2 is 1.74 bits per heavy atom. The minimum atomic E-state index is -3.62. The molecule has 0 aliphatic heterocycles. The number of nitrogens with zero attached hydrogens (tertiary/aromatic N) is 2. The van der Waals surface area contributed by atoms with E-state index in [9.17, 15) is 13.2 Å². The maximum atomic E-state index is 12.6. The number of rotatable bonds is 5. The van der Waals surface area contributed by atoms with Crippen LogP contribution in [0.25, 0.3) is 0 Å². The van der Waals surface area contributed by atoms with Gasteiger partial charge in [0.05, 0.1) is 17.1 Å². The first kappa shape index (κ1) is 19.6. The van der Waals surface area contributed by atoms with Crippen molar-refractivity contribution < 1.29 is 13.2 Å². The molecule has 3 rings (SSSR count). The van der Waals surface area contributed by atoms with Gasteiger partial charge in [0.25, 0.3) is 5.91 Å². The molecule has 2 N–H and O–H groups in total. The van der Waals surface area contributed by atoms with Gasteiger partial charge in [-0.2, -0.15) is 5.10 Å². The topological polar surface area (TPSA) is 93.1 Å². The summed E-state index contributed by atoms with van der Waals surface area (Å²) in [6.07, 6.45) is 6.17. The van der Waals surface area contributed by atoms with Gasteiger partial charge in [-0.15, -0.1) is 0 Å². The first-order valence-electron chi connectivity index (χ1n) is 9.15. The second kappa shape index (κ2) is 7.44. The molecule has 1 aliphatic carbocycles. The van der Waals surface area contributed by atoms with Crippen LogP contribution in [0.3, 0.4) is 0 Å². The van der Waals surface area contributed by atoms with Crippen molar-refractivity contribution >= 4 is 21.7 Å². The number of nitrogens with one attached hydrogen (secondary N) is 2. The summed E-state index contributed by atoms with van der Waals surface area (Å²) in [4.78, 5) is 12.7. The molecule has 7 nitrogen and oxygen atoms in total. The number of aromatic nitrogens is 2. The van der Waals surface area contributed by atoms with Gasteiger partial charge in [-0.1, -0.05) is 12.8 Å². The zero-order valence-corrected chi connectivity index (χ0v) is 16.7. The van der Waals surface area contributed by atoms with Gasteiger partial charge in [-0.25, -0.2) is 17.8 Å². The van der Waals surface area contributed by atoms with Crippen LogP contribution in [0.2, 0.25) is 0 Å². The minimum Gasteiger partial charge on any atom is -0.307 e. The molecule has 0 atom stereocenters. The number of amides is 1. The molecule has 0 spiro atoms. The first-order chi connectivity index (χ1) is 12.7. The number of hydrogen-bond acceptors (Lipinski definition) is 4. The van der Waals surface area contributed by atoms with E-state index in [1.807, 2.05) is 4.68 Å². The molecule has 0 unspecified atom stereocenters. The normalized spacial score (nSPS) is 15.8. The van der Waals surface area contributed by atoms with Gasteiger partial charge in [0.1, 0.15) is 5.82 Å². The maximum Gasteiger partial charge on any atom is 0.256 e. The number of carbonyl (C=O) groups excluding carboxylic acids is 1. The van der Waals surface area contributed by atoms with Crippen molar-refractivity contribution in [1.29, 1.82) is 0 Å². The molecule has 1 amide bonds. The van der Waals surface area contributed by atoms with E-state index in [2.05, 4.69) is 15.1 Å². The smallest absolute Gasteiger partial charge is 0.256 e. The van der Waals surface area contributed by atoms with Crippen LogP contribution in [0, 0.1) is 0 Å².